The van der Waals surface area contributed by atoms with Crippen LogP contribution in [0.4, 0.5) is 0 Å². The van der Waals surface area contributed by atoms with E-state index in [4.69, 9.17) is 4.42 Å². The topological polar surface area (TPSA) is 26.0 Å². The molecule has 0 atom stereocenters. The maximum Gasteiger partial charge on any atom is 0.162 e. The summed E-state index contributed by atoms with van der Waals surface area (Å²) in [6.45, 7) is 0. The molecule has 3 aromatic heterocycles. The quantitative estimate of drug-likeness (QED) is 0.673. The van der Waals surface area contributed by atoms with Gasteiger partial charge < -0.3 is 4.42 Å². The Hall–Kier alpha value is -0.910. The molecule has 0 aliphatic heterocycles. The third-order valence-corrected chi connectivity index (χ3v) is 4.80. The highest BCUT2D eigenvalue weighted by Crippen LogP contribution is 2.36. The third-order valence-electron chi connectivity index (χ3n) is 2.09. The van der Waals surface area contributed by atoms with E-state index in [1.54, 1.807) is 28.9 Å². The minimum atomic E-state index is 0.823. The minimum Gasteiger partial charge on any atom is -0.462 e. The molecule has 0 bridgehead atoms. The molecule has 80 valence electrons. The van der Waals surface area contributed by atoms with Crippen molar-refractivity contribution in [3.63, 3.8) is 0 Å². The van der Waals surface area contributed by atoms with Gasteiger partial charge in [0, 0.05) is 9.85 Å². The molecule has 0 amide bonds. The van der Waals surface area contributed by atoms with Gasteiger partial charge >= 0.3 is 0 Å². The first-order valence-electron chi connectivity index (χ1n) is 4.57. The maximum absolute atomic E-state index is 5.32. The largest absolute Gasteiger partial charge is 0.462 e. The van der Waals surface area contributed by atoms with Crippen LogP contribution in [0.3, 0.4) is 0 Å². The summed E-state index contributed by atoms with van der Waals surface area (Å²) in [5.41, 5.74) is 0.998. The summed E-state index contributed by atoms with van der Waals surface area (Å²) >= 11 is 6.79. The van der Waals surface area contributed by atoms with Crippen molar-refractivity contribution in [1.29, 1.82) is 0 Å². The van der Waals surface area contributed by atoms with E-state index in [2.05, 4.69) is 26.3 Å². The second kappa shape index (κ2) is 4.16. The molecule has 0 fully saturated rings. The average Bonchev–Trinajstić information content (AvgIpc) is 2.96. The summed E-state index contributed by atoms with van der Waals surface area (Å²) in [6.07, 6.45) is 1.66. The first-order valence-corrected chi connectivity index (χ1v) is 7.12. The zero-order chi connectivity index (χ0) is 11.0. The first kappa shape index (κ1) is 10.3. The molecule has 0 saturated carbocycles. The monoisotopic (exact) mass is 311 g/mol. The molecule has 0 radical (unpaired) electrons. The van der Waals surface area contributed by atoms with Crippen LogP contribution >= 0.6 is 38.6 Å². The van der Waals surface area contributed by atoms with Gasteiger partial charge in [0.05, 0.1) is 16.8 Å². The molecule has 0 aliphatic rings. The van der Waals surface area contributed by atoms with Crippen LogP contribution < -0.4 is 0 Å². The third kappa shape index (κ3) is 1.75. The lowest BCUT2D eigenvalue weighted by atomic mass is 10.4. The van der Waals surface area contributed by atoms with E-state index >= 15 is 0 Å². The Labute approximate surface area is 109 Å². The molecule has 3 aromatic rings. The van der Waals surface area contributed by atoms with Crippen LogP contribution in [0.25, 0.3) is 21.3 Å². The number of furan rings is 1. The summed E-state index contributed by atoms with van der Waals surface area (Å²) in [6, 6.07) is 5.83. The highest BCUT2D eigenvalue weighted by molar-refractivity contribution is 9.10. The van der Waals surface area contributed by atoms with Crippen LogP contribution in [0.15, 0.2) is 44.1 Å². The summed E-state index contributed by atoms with van der Waals surface area (Å²) in [5.74, 6) is 0.823. The number of hydrogen-bond acceptors (Lipinski definition) is 4. The SMILES string of the molecule is Brc1ccsc1-c1csc(-c2ccco2)n1. The van der Waals surface area contributed by atoms with Crippen molar-refractivity contribution in [3.05, 3.63) is 39.7 Å². The second-order valence-electron chi connectivity index (χ2n) is 3.11. The van der Waals surface area contributed by atoms with Crippen LogP contribution in [0.1, 0.15) is 0 Å². The fraction of sp³-hybridized carbons (Fsp3) is 0. The molecule has 0 aromatic carbocycles. The van der Waals surface area contributed by atoms with E-state index in [1.165, 1.54) is 0 Å². The predicted octanol–water partition coefficient (Wildman–Crippen LogP) is 4.89. The van der Waals surface area contributed by atoms with Gasteiger partial charge in [-0.3, -0.25) is 0 Å². The van der Waals surface area contributed by atoms with E-state index in [0.717, 1.165) is 25.8 Å². The molecule has 16 heavy (non-hydrogen) atoms. The van der Waals surface area contributed by atoms with E-state index < -0.39 is 0 Å². The van der Waals surface area contributed by atoms with Crippen LogP contribution in [0.5, 0.6) is 0 Å². The second-order valence-corrected chi connectivity index (χ2v) is 5.74. The van der Waals surface area contributed by atoms with Gasteiger partial charge in [-0.05, 0) is 39.5 Å². The molecule has 3 rings (SSSR count). The Morgan fingerprint density at radius 3 is 2.88 bits per heavy atom. The first-order chi connectivity index (χ1) is 7.84. The number of rotatable bonds is 2. The van der Waals surface area contributed by atoms with Crippen LogP contribution in [-0.4, -0.2) is 4.98 Å². The van der Waals surface area contributed by atoms with Crippen molar-refractivity contribution < 1.29 is 4.42 Å². The van der Waals surface area contributed by atoms with E-state index in [9.17, 15) is 0 Å². The van der Waals surface area contributed by atoms with Crippen molar-refractivity contribution in [2.75, 3.05) is 0 Å². The summed E-state index contributed by atoms with van der Waals surface area (Å²) in [7, 11) is 0. The summed E-state index contributed by atoms with van der Waals surface area (Å²) < 4.78 is 6.41. The number of nitrogens with zero attached hydrogens (tertiary/aromatic N) is 1. The fourth-order valence-corrected chi connectivity index (χ4v) is 3.76. The number of hydrogen-bond donors (Lipinski definition) is 0. The zero-order valence-corrected chi connectivity index (χ0v) is 11.2. The van der Waals surface area contributed by atoms with Crippen molar-refractivity contribution in [2.45, 2.75) is 0 Å². The number of thiophene rings is 1. The van der Waals surface area contributed by atoms with Gasteiger partial charge in [0.25, 0.3) is 0 Å². The molecule has 0 aliphatic carbocycles. The number of thiazole rings is 1. The Kier molecular flexibility index (Phi) is 2.67. The van der Waals surface area contributed by atoms with Gasteiger partial charge in [-0.15, -0.1) is 22.7 Å². The lowest BCUT2D eigenvalue weighted by Crippen LogP contribution is -1.74. The molecular weight excluding hydrogens is 306 g/mol. The van der Waals surface area contributed by atoms with Crippen LogP contribution in [0, 0.1) is 0 Å². The summed E-state index contributed by atoms with van der Waals surface area (Å²) in [5, 5.41) is 5.01. The molecule has 0 saturated heterocycles. The highest BCUT2D eigenvalue weighted by atomic mass is 79.9. The molecule has 0 unspecified atom stereocenters. The van der Waals surface area contributed by atoms with Crippen molar-refractivity contribution in [2.24, 2.45) is 0 Å². The molecule has 3 heterocycles. The molecule has 2 nitrogen and oxygen atoms in total. The Morgan fingerprint density at radius 2 is 2.19 bits per heavy atom. The van der Waals surface area contributed by atoms with Gasteiger partial charge in [-0.2, -0.15) is 0 Å². The summed E-state index contributed by atoms with van der Waals surface area (Å²) in [4.78, 5) is 5.72. The fourth-order valence-electron chi connectivity index (χ4n) is 1.37. The zero-order valence-electron chi connectivity index (χ0n) is 8.01. The van der Waals surface area contributed by atoms with Gasteiger partial charge in [0.15, 0.2) is 10.8 Å². The van der Waals surface area contributed by atoms with E-state index in [-0.39, 0.29) is 0 Å². The molecule has 5 heteroatoms. The van der Waals surface area contributed by atoms with Gasteiger partial charge in [-0.1, -0.05) is 0 Å². The molecular formula is C11H6BrNOS2. The van der Waals surface area contributed by atoms with Crippen molar-refractivity contribution >= 4 is 38.6 Å². The number of aromatic nitrogens is 1. The van der Waals surface area contributed by atoms with E-state index in [0.29, 0.717) is 0 Å². The minimum absolute atomic E-state index is 0.823. The Bertz CT molecular complexity index is 597. The van der Waals surface area contributed by atoms with Crippen molar-refractivity contribution in [1.82, 2.24) is 4.98 Å². The maximum atomic E-state index is 5.32. The number of halogens is 1. The van der Waals surface area contributed by atoms with Gasteiger partial charge in [-0.25, -0.2) is 4.98 Å². The van der Waals surface area contributed by atoms with Crippen LogP contribution in [-0.2, 0) is 0 Å². The normalized spacial score (nSPS) is 10.8. The van der Waals surface area contributed by atoms with Gasteiger partial charge in [0.2, 0.25) is 0 Å². The smallest absolute Gasteiger partial charge is 0.162 e. The molecule has 0 N–H and O–H groups in total. The standard InChI is InChI=1S/C11H6BrNOS2/c12-7-3-5-15-10(7)8-6-16-11(13-8)9-2-1-4-14-9/h1-6H. The van der Waals surface area contributed by atoms with Crippen LogP contribution in [0.2, 0.25) is 0 Å². The Balaban J connectivity index is 2.03. The highest BCUT2D eigenvalue weighted by Gasteiger charge is 2.11. The lowest BCUT2D eigenvalue weighted by Gasteiger charge is -1.91. The van der Waals surface area contributed by atoms with Gasteiger partial charge in [0.1, 0.15) is 0 Å². The predicted molar refractivity (Wildman–Crippen MR) is 70.8 cm³/mol. The van der Waals surface area contributed by atoms with E-state index in [1.807, 2.05) is 23.6 Å². The Morgan fingerprint density at radius 1 is 1.25 bits per heavy atom. The molecule has 0 spiro atoms. The van der Waals surface area contributed by atoms with Crippen molar-refractivity contribution in [3.8, 4) is 21.3 Å². The average molecular weight is 312 g/mol. The lowest BCUT2D eigenvalue weighted by molar-refractivity contribution is 0.582.